The molecule has 0 aromatic heterocycles. The third-order valence-corrected chi connectivity index (χ3v) is 4.71. The van der Waals surface area contributed by atoms with Gasteiger partial charge in [-0.15, -0.1) is 0 Å². The first-order chi connectivity index (χ1) is 13.2. The van der Waals surface area contributed by atoms with Crippen molar-refractivity contribution in [3.63, 3.8) is 0 Å². The Labute approximate surface area is 162 Å². The zero-order chi connectivity index (χ0) is 19.2. The van der Waals surface area contributed by atoms with Crippen LogP contribution in [0, 0.1) is 0 Å². The topological polar surface area (TPSA) is 79.5 Å². The fraction of sp³-hybridized carbons (Fsp3) is 0.619. The molecule has 0 atom stereocenters. The molecule has 6 nitrogen and oxygen atoms in total. The molecule has 1 aliphatic carbocycles. The Balaban J connectivity index is 1.39. The second-order valence-corrected chi connectivity index (χ2v) is 7.06. The molecule has 1 aromatic rings. The van der Waals surface area contributed by atoms with Gasteiger partial charge >= 0.3 is 6.03 Å². The van der Waals surface area contributed by atoms with E-state index in [-0.39, 0.29) is 11.9 Å². The lowest BCUT2D eigenvalue weighted by molar-refractivity contribution is -0.121. The van der Waals surface area contributed by atoms with Crippen molar-refractivity contribution in [3.05, 3.63) is 30.3 Å². The van der Waals surface area contributed by atoms with E-state index in [4.69, 9.17) is 4.74 Å². The molecule has 6 heteroatoms. The number of carbonyl (C=O) groups excluding carboxylic acids is 2. The number of carbonyl (C=O) groups is 2. The summed E-state index contributed by atoms with van der Waals surface area (Å²) in [7, 11) is 0. The fourth-order valence-electron chi connectivity index (χ4n) is 3.18. The Morgan fingerprint density at radius 1 is 0.926 bits per heavy atom. The van der Waals surface area contributed by atoms with Gasteiger partial charge in [0.25, 0.3) is 0 Å². The molecule has 1 aliphatic rings. The van der Waals surface area contributed by atoms with Crippen LogP contribution in [0.15, 0.2) is 30.3 Å². The van der Waals surface area contributed by atoms with Crippen molar-refractivity contribution >= 4 is 11.9 Å². The van der Waals surface area contributed by atoms with Crippen molar-refractivity contribution in [1.82, 2.24) is 16.0 Å². The second kappa shape index (κ2) is 13.0. The molecule has 27 heavy (non-hydrogen) atoms. The van der Waals surface area contributed by atoms with Gasteiger partial charge < -0.3 is 20.7 Å². The largest absolute Gasteiger partial charge is 0.494 e. The Kier molecular flexibility index (Phi) is 10.1. The Bertz CT molecular complexity index is 545. The molecule has 0 bridgehead atoms. The van der Waals surface area contributed by atoms with Crippen molar-refractivity contribution < 1.29 is 14.3 Å². The first kappa shape index (κ1) is 21.1. The van der Waals surface area contributed by atoms with Crippen molar-refractivity contribution in [2.24, 2.45) is 0 Å². The van der Waals surface area contributed by atoms with Crippen LogP contribution < -0.4 is 20.7 Å². The van der Waals surface area contributed by atoms with Gasteiger partial charge in [-0.2, -0.15) is 0 Å². The summed E-state index contributed by atoms with van der Waals surface area (Å²) in [6.45, 7) is 1.84. The highest BCUT2D eigenvalue weighted by Gasteiger charge is 2.15. The smallest absolute Gasteiger partial charge is 0.315 e. The second-order valence-electron chi connectivity index (χ2n) is 7.06. The number of benzene rings is 1. The van der Waals surface area contributed by atoms with E-state index >= 15 is 0 Å². The SMILES string of the molecule is O=C(CCCNC(=O)NC1CCCCC1)NCCCCOc1ccccc1. The maximum absolute atomic E-state index is 11.8. The number of amides is 3. The monoisotopic (exact) mass is 375 g/mol. The van der Waals surface area contributed by atoms with Crippen LogP contribution in [-0.4, -0.2) is 37.7 Å². The summed E-state index contributed by atoms with van der Waals surface area (Å²) in [6.07, 6.45) is 8.70. The maximum atomic E-state index is 11.8. The molecule has 0 radical (unpaired) electrons. The molecule has 3 N–H and O–H groups in total. The highest BCUT2D eigenvalue weighted by Crippen LogP contribution is 2.17. The summed E-state index contributed by atoms with van der Waals surface area (Å²) in [5.74, 6) is 0.912. The molecule has 0 spiro atoms. The number of hydrogen-bond acceptors (Lipinski definition) is 3. The summed E-state index contributed by atoms with van der Waals surface area (Å²) >= 11 is 0. The van der Waals surface area contributed by atoms with Gasteiger partial charge in [0.2, 0.25) is 5.91 Å². The van der Waals surface area contributed by atoms with E-state index in [0.29, 0.717) is 38.6 Å². The van der Waals surface area contributed by atoms with Crippen LogP contribution in [0.25, 0.3) is 0 Å². The van der Waals surface area contributed by atoms with Crippen molar-refractivity contribution in [1.29, 1.82) is 0 Å². The molecule has 1 saturated carbocycles. The average molecular weight is 376 g/mol. The van der Waals surface area contributed by atoms with Crippen LogP contribution in [0.5, 0.6) is 5.75 Å². The highest BCUT2D eigenvalue weighted by atomic mass is 16.5. The number of rotatable bonds is 11. The van der Waals surface area contributed by atoms with Crippen molar-refractivity contribution in [3.8, 4) is 5.75 Å². The minimum Gasteiger partial charge on any atom is -0.494 e. The lowest BCUT2D eigenvalue weighted by atomic mass is 9.96. The fourth-order valence-corrected chi connectivity index (χ4v) is 3.18. The molecular weight excluding hydrogens is 342 g/mol. The molecule has 0 unspecified atom stereocenters. The molecule has 0 heterocycles. The average Bonchev–Trinajstić information content (AvgIpc) is 2.69. The molecule has 1 fully saturated rings. The Morgan fingerprint density at radius 3 is 2.44 bits per heavy atom. The predicted molar refractivity (Wildman–Crippen MR) is 107 cm³/mol. The molecule has 1 aromatic carbocycles. The van der Waals surface area contributed by atoms with Crippen LogP contribution in [0.1, 0.15) is 57.8 Å². The van der Waals surface area contributed by atoms with E-state index in [1.165, 1.54) is 19.3 Å². The van der Waals surface area contributed by atoms with Gasteiger partial charge in [-0.3, -0.25) is 4.79 Å². The molecular formula is C21H33N3O3. The third kappa shape index (κ3) is 9.87. The minimum absolute atomic E-state index is 0.0356. The number of urea groups is 1. The van der Waals surface area contributed by atoms with E-state index in [1.807, 2.05) is 30.3 Å². The highest BCUT2D eigenvalue weighted by molar-refractivity contribution is 5.76. The summed E-state index contributed by atoms with van der Waals surface area (Å²) in [5.41, 5.74) is 0. The van der Waals surface area contributed by atoms with E-state index in [0.717, 1.165) is 31.4 Å². The lowest BCUT2D eigenvalue weighted by Gasteiger charge is -2.22. The zero-order valence-electron chi connectivity index (χ0n) is 16.2. The maximum Gasteiger partial charge on any atom is 0.315 e. The van der Waals surface area contributed by atoms with Gasteiger partial charge in [-0.1, -0.05) is 37.5 Å². The lowest BCUT2D eigenvalue weighted by Crippen LogP contribution is -2.43. The van der Waals surface area contributed by atoms with Crippen LogP contribution >= 0.6 is 0 Å². The standard InChI is InChI=1S/C21H33N3O3/c25-20(22-15-7-8-17-27-19-12-5-2-6-13-19)14-9-16-23-21(26)24-18-10-3-1-4-11-18/h2,5-6,12-13,18H,1,3-4,7-11,14-17H2,(H,22,25)(H2,23,24,26). The first-order valence-corrected chi connectivity index (χ1v) is 10.2. The predicted octanol–water partition coefficient (Wildman–Crippen LogP) is 3.37. The van der Waals surface area contributed by atoms with E-state index in [9.17, 15) is 9.59 Å². The van der Waals surface area contributed by atoms with Crippen LogP contribution in [0.4, 0.5) is 4.79 Å². The summed E-state index contributed by atoms with van der Waals surface area (Å²) < 4.78 is 5.61. The normalized spacial score (nSPS) is 14.4. The zero-order valence-corrected chi connectivity index (χ0v) is 16.2. The van der Waals surface area contributed by atoms with E-state index < -0.39 is 0 Å². The molecule has 0 saturated heterocycles. The van der Waals surface area contributed by atoms with Gasteiger partial charge in [0.15, 0.2) is 0 Å². The number of hydrogen-bond donors (Lipinski definition) is 3. The van der Waals surface area contributed by atoms with Crippen LogP contribution in [-0.2, 0) is 4.79 Å². The number of ether oxygens (including phenoxy) is 1. The molecule has 150 valence electrons. The Morgan fingerprint density at radius 2 is 1.67 bits per heavy atom. The summed E-state index contributed by atoms with van der Waals surface area (Å²) in [4.78, 5) is 23.6. The van der Waals surface area contributed by atoms with Gasteiger partial charge in [0.05, 0.1) is 6.61 Å². The molecule has 2 rings (SSSR count). The van der Waals surface area contributed by atoms with Gasteiger partial charge in [-0.25, -0.2) is 4.79 Å². The molecule has 3 amide bonds. The number of unbranched alkanes of at least 4 members (excludes halogenated alkanes) is 1. The van der Waals surface area contributed by atoms with Crippen LogP contribution in [0.3, 0.4) is 0 Å². The quantitative estimate of drug-likeness (QED) is 0.519. The van der Waals surface area contributed by atoms with Crippen molar-refractivity contribution in [2.45, 2.75) is 63.8 Å². The van der Waals surface area contributed by atoms with Gasteiger partial charge in [-0.05, 0) is 44.2 Å². The van der Waals surface area contributed by atoms with Gasteiger partial charge in [0, 0.05) is 25.6 Å². The van der Waals surface area contributed by atoms with Crippen molar-refractivity contribution in [2.75, 3.05) is 19.7 Å². The number of nitrogens with one attached hydrogen (secondary N) is 3. The third-order valence-electron chi connectivity index (χ3n) is 4.71. The van der Waals surface area contributed by atoms with E-state index in [2.05, 4.69) is 16.0 Å². The minimum atomic E-state index is -0.110. The number of para-hydroxylation sites is 1. The van der Waals surface area contributed by atoms with E-state index in [1.54, 1.807) is 0 Å². The Hall–Kier alpha value is -2.24. The first-order valence-electron chi connectivity index (χ1n) is 10.2. The summed E-state index contributed by atoms with van der Waals surface area (Å²) in [6, 6.07) is 9.93. The van der Waals surface area contributed by atoms with Gasteiger partial charge in [0.1, 0.15) is 5.75 Å². The molecule has 0 aliphatic heterocycles. The summed E-state index contributed by atoms with van der Waals surface area (Å²) in [5, 5.41) is 8.76. The van der Waals surface area contributed by atoms with Crippen LogP contribution in [0.2, 0.25) is 0 Å².